The van der Waals surface area contributed by atoms with Gasteiger partial charge in [0.25, 0.3) is 11.8 Å². The number of nitrogens with one attached hydrogen (secondary N) is 2. The monoisotopic (exact) mass is 493 g/mol. The molecule has 1 heterocycles. The van der Waals surface area contributed by atoms with Crippen LogP contribution in [0.4, 0.5) is 17.6 Å². The summed E-state index contributed by atoms with van der Waals surface area (Å²) in [5.41, 5.74) is -1.11. The Hall–Kier alpha value is -3.78. The molecule has 0 saturated carbocycles. The molecule has 3 rings (SSSR count). The molecule has 2 aromatic carbocycles. The first-order valence-electron chi connectivity index (χ1n) is 10.3. The van der Waals surface area contributed by atoms with E-state index in [4.69, 9.17) is 0 Å². The Morgan fingerprint density at radius 3 is 2.43 bits per heavy atom. The highest BCUT2D eigenvalue weighted by Gasteiger charge is 2.31. The second-order valence-corrected chi connectivity index (χ2v) is 7.50. The van der Waals surface area contributed by atoms with E-state index >= 15 is 0 Å². The van der Waals surface area contributed by atoms with Gasteiger partial charge in [-0.15, -0.1) is 5.10 Å². The molecule has 2 amide bonds. The molecule has 9 nitrogen and oxygen atoms in total. The van der Waals surface area contributed by atoms with Gasteiger partial charge in [0.2, 0.25) is 0 Å². The van der Waals surface area contributed by atoms with Crippen molar-refractivity contribution in [3.05, 3.63) is 82.9 Å². The van der Waals surface area contributed by atoms with Gasteiger partial charge in [0, 0.05) is 6.54 Å². The molecule has 0 spiro atoms. The predicted molar refractivity (Wildman–Crippen MR) is 115 cm³/mol. The third-order valence-corrected chi connectivity index (χ3v) is 4.91. The van der Waals surface area contributed by atoms with Crippen LogP contribution >= 0.6 is 0 Å². The highest BCUT2D eigenvalue weighted by Crippen LogP contribution is 2.30. The fourth-order valence-corrected chi connectivity index (χ4v) is 3.11. The highest BCUT2D eigenvalue weighted by molar-refractivity contribution is 6.43. The van der Waals surface area contributed by atoms with Crippen molar-refractivity contribution < 1.29 is 37.2 Å². The van der Waals surface area contributed by atoms with Gasteiger partial charge in [0.15, 0.2) is 5.69 Å². The van der Waals surface area contributed by atoms with E-state index in [1.807, 2.05) is 0 Å². The largest absolute Gasteiger partial charge is 0.475 e. The molecule has 0 aliphatic heterocycles. The van der Waals surface area contributed by atoms with Crippen molar-refractivity contribution >= 4 is 18.9 Å². The molecule has 1 aromatic heterocycles. The van der Waals surface area contributed by atoms with Gasteiger partial charge in [0.1, 0.15) is 5.82 Å². The van der Waals surface area contributed by atoms with Crippen LogP contribution in [0.3, 0.4) is 0 Å². The first kappa shape index (κ1) is 25.8. The molecule has 0 saturated heterocycles. The molecule has 0 bridgehead atoms. The maximum atomic E-state index is 13.9. The number of halogens is 4. The third kappa shape index (κ3) is 7.10. The molecule has 184 valence electrons. The number of carbonyl (C=O) groups excluding carboxylic acids is 2. The summed E-state index contributed by atoms with van der Waals surface area (Å²) in [6.07, 6.45) is -3.32. The zero-order valence-electron chi connectivity index (χ0n) is 18.0. The van der Waals surface area contributed by atoms with Crippen LogP contribution in [0.25, 0.3) is 0 Å². The summed E-state index contributed by atoms with van der Waals surface area (Å²) in [4.78, 5) is 24.5. The molecular weight excluding hydrogens is 473 g/mol. The molecule has 0 radical (unpaired) electrons. The summed E-state index contributed by atoms with van der Waals surface area (Å²) in [6, 6.07) is 10.5. The minimum Gasteiger partial charge on any atom is -0.426 e. The number of nitrogens with zero attached hydrogens (tertiary/aromatic N) is 3. The van der Waals surface area contributed by atoms with Crippen molar-refractivity contribution in [1.82, 2.24) is 25.6 Å². The Morgan fingerprint density at radius 1 is 1.09 bits per heavy atom. The third-order valence-electron chi connectivity index (χ3n) is 4.91. The number of alkyl halides is 3. The van der Waals surface area contributed by atoms with Gasteiger partial charge in [-0.25, -0.2) is 9.07 Å². The van der Waals surface area contributed by atoms with Crippen molar-refractivity contribution in [1.29, 1.82) is 0 Å². The van der Waals surface area contributed by atoms with E-state index in [1.54, 1.807) is 30.3 Å². The lowest BCUT2D eigenvalue weighted by Gasteiger charge is -2.17. The average molecular weight is 493 g/mol. The fourth-order valence-electron chi connectivity index (χ4n) is 3.11. The fraction of sp³-hybridized carbons (Fsp3) is 0.238. The van der Waals surface area contributed by atoms with Crippen LogP contribution in [0.15, 0.2) is 54.7 Å². The van der Waals surface area contributed by atoms with Crippen molar-refractivity contribution in [2.45, 2.75) is 25.1 Å². The van der Waals surface area contributed by atoms with Crippen LogP contribution in [0.2, 0.25) is 0 Å². The second kappa shape index (κ2) is 11.1. The molecule has 0 fully saturated rings. The molecule has 1 atom stereocenters. The molecule has 0 aliphatic rings. The Morgan fingerprint density at radius 2 is 1.80 bits per heavy atom. The quantitative estimate of drug-likeness (QED) is 0.262. The number of rotatable bonds is 9. The Bertz CT molecular complexity index is 1170. The lowest BCUT2D eigenvalue weighted by atomic mass is 9.76. The number of hydrogen-bond acceptors (Lipinski definition) is 6. The summed E-state index contributed by atoms with van der Waals surface area (Å²) < 4.78 is 53.0. The Balaban J connectivity index is 1.53. The van der Waals surface area contributed by atoms with Crippen LogP contribution in [0.5, 0.6) is 0 Å². The summed E-state index contributed by atoms with van der Waals surface area (Å²) in [6.45, 7) is -0.0694. The van der Waals surface area contributed by atoms with Gasteiger partial charge in [-0.2, -0.15) is 13.2 Å². The topological polar surface area (TPSA) is 129 Å². The number of hydrogen-bond donors (Lipinski definition) is 4. The van der Waals surface area contributed by atoms with E-state index in [0.717, 1.165) is 11.6 Å². The van der Waals surface area contributed by atoms with Crippen molar-refractivity contribution in [3.63, 3.8) is 0 Å². The zero-order valence-corrected chi connectivity index (χ0v) is 18.0. The average Bonchev–Trinajstić information content (AvgIpc) is 3.27. The lowest BCUT2D eigenvalue weighted by Crippen LogP contribution is -2.48. The van der Waals surface area contributed by atoms with E-state index < -0.39 is 48.0 Å². The van der Waals surface area contributed by atoms with Gasteiger partial charge in [0.05, 0.1) is 29.8 Å². The molecule has 35 heavy (non-hydrogen) atoms. The predicted octanol–water partition coefficient (Wildman–Crippen LogP) is 1.22. The lowest BCUT2D eigenvalue weighted by molar-refractivity contribution is -0.137. The van der Waals surface area contributed by atoms with Gasteiger partial charge >= 0.3 is 13.3 Å². The summed E-state index contributed by atoms with van der Waals surface area (Å²) in [5.74, 6) is -3.95. The minimum absolute atomic E-state index is 0.0182. The molecular formula is C21H20BF4N5O4. The Kier molecular flexibility index (Phi) is 8.20. The van der Waals surface area contributed by atoms with Gasteiger partial charge in [-0.05, 0) is 30.2 Å². The summed E-state index contributed by atoms with van der Waals surface area (Å²) in [5, 5.41) is 31.4. The second-order valence-electron chi connectivity index (χ2n) is 7.50. The van der Waals surface area contributed by atoms with E-state index in [0.29, 0.717) is 6.07 Å². The Labute approximate surface area is 196 Å². The first-order chi connectivity index (χ1) is 16.5. The van der Waals surface area contributed by atoms with Crippen molar-refractivity contribution in [3.8, 4) is 0 Å². The summed E-state index contributed by atoms with van der Waals surface area (Å²) in [7, 11) is -1.82. The first-order valence-corrected chi connectivity index (χ1v) is 10.3. The van der Waals surface area contributed by atoms with Crippen LogP contribution in [-0.2, 0) is 19.1 Å². The van der Waals surface area contributed by atoms with Gasteiger partial charge in [-0.1, -0.05) is 35.5 Å². The molecule has 4 N–H and O–H groups in total. The maximum Gasteiger partial charge on any atom is 0.475 e. The van der Waals surface area contributed by atoms with Crippen LogP contribution < -0.4 is 10.6 Å². The summed E-state index contributed by atoms with van der Waals surface area (Å²) >= 11 is 0. The van der Waals surface area contributed by atoms with E-state index in [1.165, 1.54) is 10.9 Å². The van der Waals surface area contributed by atoms with Crippen LogP contribution in [0, 0.1) is 5.82 Å². The van der Waals surface area contributed by atoms with E-state index in [2.05, 4.69) is 20.9 Å². The van der Waals surface area contributed by atoms with E-state index in [9.17, 15) is 37.2 Å². The zero-order chi connectivity index (χ0) is 25.6. The number of benzene rings is 2. The molecule has 0 unspecified atom stereocenters. The van der Waals surface area contributed by atoms with Crippen molar-refractivity contribution in [2.24, 2.45) is 0 Å². The van der Waals surface area contributed by atoms with Crippen LogP contribution in [-0.4, -0.2) is 56.5 Å². The smallest absolute Gasteiger partial charge is 0.426 e. The maximum absolute atomic E-state index is 13.9. The molecule has 0 aliphatic carbocycles. The number of aromatic nitrogens is 3. The SMILES string of the molecule is O=C(N[C@@H](Cc1ccccc1)B(O)O)c1cn(CCNC(=O)c2ccc(C(F)(F)F)cc2F)nn1. The number of amides is 2. The molecule has 14 heteroatoms. The normalized spacial score (nSPS) is 12.2. The molecule has 3 aromatic rings. The van der Waals surface area contributed by atoms with Gasteiger partial charge < -0.3 is 20.7 Å². The number of carbonyl (C=O) groups is 2. The van der Waals surface area contributed by atoms with E-state index in [-0.39, 0.29) is 31.3 Å². The standard InChI is InChI=1S/C21H20BF4N5O4/c23-16-11-14(21(24,25)26)6-7-15(16)19(32)27-8-9-31-12-17(29-30-31)20(33)28-18(22(34)35)10-13-4-2-1-3-5-13/h1-7,11-12,18,34-35H,8-10H2,(H,27,32)(H,28,33)/t18-/m0/s1. The minimum atomic E-state index is -4.73. The highest BCUT2D eigenvalue weighted by atomic mass is 19.4. The van der Waals surface area contributed by atoms with Crippen molar-refractivity contribution in [2.75, 3.05) is 6.54 Å². The van der Waals surface area contributed by atoms with Crippen LogP contribution in [0.1, 0.15) is 32.0 Å². The van der Waals surface area contributed by atoms with Gasteiger partial charge in [-0.3, -0.25) is 9.59 Å².